The summed E-state index contributed by atoms with van der Waals surface area (Å²) in [6.07, 6.45) is 5.99. The number of allylic oxidation sites excluding steroid dienone is 1. The molecule has 1 fully saturated rings. The number of esters is 1. The molecule has 51 heavy (non-hydrogen) atoms. The summed E-state index contributed by atoms with van der Waals surface area (Å²) in [6.45, 7) is 8.27. The molecule has 8 rings (SSSR count). The molecule has 4 aliphatic heterocycles. The van der Waals surface area contributed by atoms with E-state index in [2.05, 4.69) is 26.1 Å². The SMILES string of the molecule is Cc1cc(=O)c2c(O)c3c(cc2o1)OC(C)(C)[C@H](OC(=O)[C@@]1(C)O[C@@H]1CCc1cc(N)nc(-c2cc(N)nc(CN4C=C5C=CN=C5C4)c2)c1)C3. The highest BCUT2D eigenvalue weighted by Crippen LogP contribution is 2.45. The number of epoxide rings is 1. The van der Waals surface area contributed by atoms with Crippen molar-refractivity contribution in [1.29, 1.82) is 0 Å². The third-order valence-corrected chi connectivity index (χ3v) is 9.97. The fourth-order valence-corrected chi connectivity index (χ4v) is 7.13. The number of pyridine rings is 2. The molecule has 7 heterocycles. The number of benzene rings is 1. The van der Waals surface area contributed by atoms with Crippen LogP contribution < -0.4 is 21.6 Å². The number of aryl methyl sites for hydroxylation is 2. The number of carbonyl (C=O) groups is 1. The van der Waals surface area contributed by atoms with E-state index < -0.39 is 23.3 Å². The van der Waals surface area contributed by atoms with Crippen molar-refractivity contribution in [2.24, 2.45) is 4.99 Å². The van der Waals surface area contributed by atoms with E-state index >= 15 is 0 Å². The standard InChI is InChI=1S/C38H38N6O7/c1-19-9-27(45)34-29(48-19)15-28-24(35(34)46)14-31(37(2,3)50-28)49-36(47)38(4)30(51-38)6-5-20-10-25(43-32(39)11-20)22-12-23(42-33(40)13-22)17-44-16-21-7-8-41-26(21)18-44/h7-13,15-16,30-31,46H,5-6,14,17-18H2,1-4H3,(H2,39,43)(H2,40,42)/t30-,31-,38+/m1/s1. The van der Waals surface area contributed by atoms with Gasteiger partial charge in [0.15, 0.2) is 11.0 Å². The summed E-state index contributed by atoms with van der Waals surface area (Å²) in [7, 11) is 0. The number of nitrogens with zero attached hydrogens (tertiary/aromatic N) is 4. The predicted molar refractivity (Wildman–Crippen MR) is 190 cm³/mol. The fourth-order valence-electron chi connectivity index (χ4n) is 7.13. The summed E-state index contributed by atoms with van der Waals surface area (Å²) in [5, 5.41) is 11.1. The third-order valence-electron chi connectivity index (χ3n) is 9.97. The van der Waals surface area contributed by atoms with Crippen LogP contribution in [-0.4, -0.2) is 61.6 Å². The van der Waals surface area contributed by atoms with Crippen LogP contribution in [0.25, 0.3) is 22.2 Å². The molecule has 4 aliphatic rings. The van der Waals surface area contributed by atoms with Crippen molar-refractivity contribution < 1.29 is 28.5 Å². The number of nitrogens with two attached hydrogens (primary N) is 2. The van der Waals surface area contributed by atoms with Gasteiger partial charge in [0.1, 0.15) is 51.6 Å². The number of anilines is 2. The van der Waals surface area contributed by atoms with E-state index in [0.29, 0.717) is 60.3 Å². The van der Waals surface area contributed by atoms with Crippen LogP contribution >= 0.6 is 0 Å². The number of phenols is 1. The number of aromatic nitrogens is 2. The number of hydrogen-bond donors (Lipinski definition) is 3. The maximum Gasteiger partial charge on any atom is 0.341 e. The molecule has 0 unspecified atom stereocenters. The molecule has 3 atom stereocenters. The molecule has 0 bridgehead atoms. The molecule has 0 saturated carbocycles. The van der Waals surface area contributed by atoms with Gasteiger partial charge in [0.25, 0.3) is 0 Å². The first-order valence-corrected chi connectivity index (χ1v) is 16.9. The van der Waals surface area contributed by atoms with Gasteiger partial charge in [-0.3, -0.25) is 9.79 Å². The zero-order valence-electron chi connectivity index (χ0n) is 28.7. The molecular formula is C38H38N6O7. The minimum Gasteiger partial charge on any atom is -0.507 e. The fraction of sp³-hybridized carbons (Fsp3) is 0.342. The summed E-state index contributed by atoms with van der Waals surface area (Å²) in [6, 6.07) is 10.5. The Bertz CT molecular complexity index is 2290. The van der Waals surface area contributed by atoms with Gasteiger partial charge in [-0.05, 0) is 76.4 Å². The highest BCUT2D eigenvalue weighted by molar-refractivity contribution is 6.07. The molecule has 0 radical (unpaired) electrons. The lowest BCUT2D eigenvalue weighted by atomic mass is 9.89. The Labute approximate surface area is 293 Å². The molecule has 1 aromatic carbocycles. The molecule has 5 N–H and O–H groups in total. The van der Waals surface area contributed by atoms with Crippen molar-refractivity contribution >= 4 is 34.3 Å². The molecule has 4 aromatic rings. The molecule has 13 nitrogen and oxygen atoms in total. The molecule has 0 spiro atoms. The van der Waals surface area contributed by atoms with Gasteiger partial charge in [-0.15, -0.1) is 0 Å². The minimum atomic E-state index is -1.15. The molecule has 0 amide bonds. The second-order valence-corrected chi connectivity index (χ2v) is 14.3. The van der Waals surface area contributed by atoms with Crippen LogP contribution in [0.3, 0.4) is 0 Å². The van der Waals surface area contributed by atoms with E-state index in [9.17, 15) is 14.7 Å². The van der Waals surface area contributed by atoms with Crippen molar-refractivity contribution in [3.8, 4) is 22.8 Å². The van der Waals surface area contributed by atoms with Crippen molar-refractivity contribution in [3.63, 3.8) is 0 Å². The first kappa shape index (κ1) is 32.5. The Morgan fingerprint density at radius 3 is 2.71 bits per heavy atom. The van der Waals surface area contributed by atoms with Gasteiger partial charge in [0, 0.05) is 47.7 Å². The van der Waals surface area contributed by atoms with E-state index in [-0.39, 0.29) is 34.7 Å². The Kier molecular flexibility index (Phi) is 7.45. The van der Waals surface area contributed by atoms with Crippen LogP contribution in [0, 0.1) is 6.92 Å². The highest BCUT2D eigenvalue weighted by Gasteiger charge is 2.60. The van der Waals surface area contributed by atoms with Crippen LogP contribution in [0.4, 0.5) is 11.6 Å². The lowest BCUT2D eigenvalue weighted by Gasteiger charge is -2.39. The van der Waals surface area contributed by atoms with Crippen LogP contribution in [0.2, 0.25) is 0 Å². The topological polar surface area (TPSA) is 192 Å². The number of carbonyl (C=O) groups excluding carboxylic acids is 1. The van der Waals surface area contributed by atoms with E-state index in [1.807, 2.05) is 30.5 Å². The Morgan fingerprint density at radius 1 is 1.10 bits per heavy atom. The minimum absolute atomic E-state index is 0.0635. The van der Waals surface area contributed by atoms with Crippen LogP contribution in [0.15, 0.2) is 74.7 Å². The lowest BCUT2D eigenvalue weighted by Crippen LogP contribution is -2.50. The van der Waals surface area contributed by atoms with Crippen molar-refractivity contribution in [2.75, 3.05) is 18.0 Å². The molecule has 1 saturated heterocycles. The number of aromatic hydroxyl groups is 1. The van der Waals surface area contributed by atoms with Gasteiger partial charge in [-0.2, -0.15) is 0 Å². The third kappa shape index (κ3) is 5.97. The van der Waals surface area contributed by atoms with E-state index in [1.165, 1.54) is 6.07 Å². The van der Waals surface area contributed by atoms with E-state index in [1.54, 1.807) is 39.8 Å². The van der Waals surface area contributed by atoms with Gasteiger partial charge < -0.3 is 40.1 Å². The predicted octanol–water partition coefficient (Wildman–Crippen LogP) is 4.51. The number of ether oxygens (including phenoxy) is 3. The molecular weight excluding hydrogens is 652 g/mol. The van der Waals surface area contributed by atoms with Crippen molar-refractivity contribution in [2.45, 2.75) is 76.9 Å². The molecule has 262 valence electrons. The second-order valence-electron chi connectivity index (χ2n) is 14.3. The number of rotatable bonds is 8. The summed E-state index contributed by atoms with van der Waals surface area (Å²) in [5.74, 6) is 0.786. The molecule has 0 aliphatic carbocycles. The second kappa shape index (κ2) is 11.7. The normalized spacial score (nSPS) is 22.6. The van der Waals surface area contributed by atoms with Gasteiger partial charge in [0.2, 0.25) is 0 Å². The largest absolute Gasteiger partial charge is 0.507 e. The van der Waals surface area contributed by atoms with Crippen molar-refractivity contribution in [1.82, 2.24) is 14.9 Å². The number of nitrogen functional groups attached to an aromatic ring is 2. The average molecular weight is 691 g/mol. The van der Waals surface area contributed by atoms with Crippen LogP contribution in [0.1, 0.15) is 49.8 Å². The number of phenolic OH excluding ortho intramolecular Hbond substituents is 1. The summed E-state index contributed by atoms with van der Waals surface area (Å²) < 4.78 is 23.8. The van der Waals surface area contributed by atoms with Crippen molar-refractivity contribution in [3.05, 3.63) is 93.3 Å². The van der Waals surface area contributed by atoms with Gasteiger partial charge in [-0.25, -0.2) is 14.8 Å². The summed E-state index contributed by atoms with van der Waals surface area (Å²) >= 11 is 0. The number of fused-ring (bicyclic) bond motifs is 3. The summed E-state index contributed by atoms with van der Waals surface area (Å²) in [5.41, 5.74) is 16.0. The Balaban J connectivity index is 0.934. The first-order chi connectivity index (χ1) is 24.3. The lowest BCUT2D eigenvalue weighted by molar-refractivity contribution is -0.167. The summed E-state index contributed by atoms with van der Waals surface area (Å²) in [4.78, 5) is 41.9. The molecule has 13 heteroatoms. The van der Waals surface area contributed by atoms with Gasteiger partial charge in [0.05, 0.1) is 36.3 Å². The van der Waals surface area contributed by atoms with Crippen LogP contribution in [0.5, 0.6) is 11.5 Å². The highest BCUT2D eigenvalue weighted by atomic mass is 16.7. The first-order valence-electron chi connectivity index (χ1n) is 16.9. The monoisotopic (exact) mass is 690 g/mol. The smallest absolute Gasteiger partial charge is 0.341 e. The number of hydrogen-bond acceptors (Lipinski definition) is 13. The zero-order chi connectivity index (χ0) is 35.8. The number of aliphatic imine (C=N–C) groups is 1. The quantitative estimate of drug-likeness (QED) is 0.173. The Morgan fingerprint density at radius 2 is 1.90 bits per heavy atom. The van der Waals surface area contributed by atoms with E-state index in [0.717, 1.165) is 28.1 Å². The molecule has 3 aromatic heterocycles. The maximum absolute atomic E-state index is 13.5. The Hall–Kier alpha value is -5.69. The average Bonchev–Trinajstić information content (AvgIpc) is 3.30. The van der Waals surface area contributed by atoms with Gasteiger partial charge >= 0.3 is 5.97 Å². The van der Waals surface area contributed by atoms with Gasteiger partial charge in [-0.1, -0.05) is 0 Å². The van der Waals surface area contributed by atoms with E-state index in [4.69, 9.17) is 30.1 Å². The zero-order valence-corrected chi connectivity index (χ0v) is 28.7. The van der Waals surface area contributed by atoms with Crippen LogP contribution in [-0.2, 0) is 33.7 Å². The maximum atomic E-state index is 13.5.